The Kier molecular flexibility index (Phi) is 3.89. The molecule has 0 aromatic carbocycles. The number of amides is 1. The smallest absolute Gasteiger partial charge is 0.276 e. The van der Waals surface area contributed by atoms with Crippen LogP contribution in [0.4, 0.5) is 0 Å². The Labute approximate surface area is 102 Å². The molecule has 0 aliphatic carbocycles. The van der Waals surface area contributed by atoms with E-state index < -0.39 is 0 Å². The molecule has 0 radical (unpaired) electrons. The van der Waals surface area contributed by atoms with Gasteiger partial charge in [-0.1, -0.05) is 15.9 Å². The van der Waals surface area contributed by atoms with Gasteiger partial charge in [0, 0.05) is 38.1 Å². The largest absolute Gasteiger partial charge is 0.335 e. The summed E-state index contributed by atoms with van der Waals surface area (Å²) in [6, 6.07) is 0. The number of hydrogen-bond acceptors (Lipinski definition) is 4. The topological polar surface area (TPSA) is 65.1 Å². The van der Waals surface area contributed by atoms with Gasteiger partial charge in [-0.3, -0.25) is 9.69 Å². The van der Waals surface area contributed by atoms with Crippen LogP contribution in [0.3, 0.4) is 0 Å². The van der Waals surface area contributed by atoms with Crippen LogP contribution in [0, 0.1) is 0 Å². The molecule has 1 amide bonds. The molecule has 2 heterocycles. The molecule has 1 saturated heterocycles. The Balaban J connectivity index is 1.87. The summed E-state index contributed by atoms with van der Waals surface area (Å²) in [5.41, 5.74) is 0.397. The molecule has 1 fully saturated rings. The Morgan fingerprint density at radius 3 is 2.75 bits per heavy atom. The third-order valence-electron chi connectivity index (χ3n) is 2.69. The number of halogens is 1. The first kappa shape index (κ1) is 11.5. The summed E-state index contributed by atoms with van der Waals surface area (Å²) in [5.74, 6) is -0.0350. The summed E-state index contributed by atoms with van der Waals surface area (Å²) < 4.78 is 0. The fraction of sp³-hybridized carbons (Fsp3) is 0.667. The van der Waals surface area contributed by atoms with E-state index in [0.717, 1.165) is 38.1 Å². The lowest BCUT2D eigenvalue weighted by Gasteiger charge is -2.33. The number of H-pyrrole nitrogens is 1. The predicted molar refractivity (Wildman–Crippen MR) is 62.5 cm³/mol. The maximum atomic E-state index is 11.9. The SMILES string of the molecule is O=C(c1cn[nH]n1)N1CCN(CCBr)CC1. The van der Waals surface area contributed by atoms with E-state index in [0.29, 0.717) is 5.69 Å². The number of aromatic nitrogens is 3. The predicted octanol–water partition coefficient (Wildman–Crippen LogP) is -0.0426. The van der Waals surface area contributed by atoms with Crippen LogP contribution in [0.25, 0.3) is 0 Å². The van der Waals surface area contributed by atoms with E-state index in [1.807, 2.05) is 4.90 Å². The van der Waals surface area contributed by atoms with Crippen molar-refractivity contribution < 1.29 is 4.79 Å². The average Bonchev–Trinajstić information content (AvgIpc) is 2.83. The van der Waals surface area contributed by atoms with Crippen molar-refractivity contribution in [2.45, 2.75) is 0 Å². The molecule has 16 heavy (non-hydrogen) atoms. The second kappa shape index (κ2) is 5.40. The van der Waals surface area contributed by atoms with E-state index in [4.69, 9.17) is 0 Å². The first-order chi connectivity index (χ1) is 7.81. The minimum Gasteiger partial charge on any atom is -0.335 e. The third kappa shape index (κ3) is 2.59. The Hall–Kier alpha value is -0.950. The second-order valence-corrected chi connectivity index (χ2v) is 4.47. The van der Waals surface area contributed by atoms with E-state index in [1.54, 1.807) is 0 Å². The van der Waals surface area contributed by atoms with Crippen LogP contribution in [0.2, 0.25) is 0 Å². The molecule has 0 bridgehead atoms. The maximum Gasteiger partial charge on any atom is 0.276 e. The summed E-state index contributed by atoms with van der Waals surface area (Å²) in [6.07, 6.45) is 1.47. The summed E-state index contributed by atoms with van der Waals surface area (Å²) in [5, 5.41) is 10.9. The van der Waals surface area contributed by atoms with Crippen molar-refractivity contribution in [1.82, 2.24) is 25.2 Å². The maximum absolute atomic E-state index is 11.9. The summed E-state index contributed by atoms with van der Waals surface area (Å²) in [7, 11) is 0. The summed E-state index contributed by atoms with van der Waals surface area (Å²) in [4.78, 5) is 16.1. The fourth-order valence-corrected chi connectivity index (χ4v) is 2.26. The molecule has 1 aliphatic rings. The van der Waals surface area contributed by atoms with Gasteiger partial charge in [-0.05, 0) is 0 Å². The highest BCUT2D eigenvalue weighted by atomic mass is 79.9. The molecule has 1 aromatic rings. The van der Waals surface area contributed by atoms with Crippen molar-refractivity contribution in [3.05, 3.63) is 11.9 Å². The molecule has 88 valence electrons. The highest BCUT2D eigenvalue weighted by Crippen LogP contribution is 2.06. The Morgan fingerprint density at radius 2 is 2.19 bits per heavy atom. The monoisotopic (exact) mass is 287 g/mol. The van der Waals surface area contributed by atoms with Crippen LogP contribution in [0.15, 0.2) is 6.20 Å². The van der Waals surface area contributed by atoms with Crippen molar-refractivity contribution in [3.63, 3.8) is 0 Å². The molecule has 0 atom stereocenters. The highest BCUT2D eigenvalue weighted by molar-refractivity contribution is 9.09. The fourth-order valence-electron chi connectivity index (χ4n) is 1.76. The Bertz CT molecular complexity index is 334. The molecule has 0 unspecified atom stereocenters. The van der Waals surface area contributed by atoms with E-state index in [9.17, 15) is 4.79 Å². The minimum absolute atomic E-state index is 0.0350. The zero-order valence-electron chi connectivity index (χ0n) is 8.90. The van der Waals surface area contributed by atoms with Gasteiger partial charge < -0.3 is 4.90 Å². The van der Waals surface area contributed by atoms with Crippen LogP contribution in [0.1, 0.15) is 10.5 Å². The van der Waals surface area contributed by atoms with Crippen molar-refractivity contribution in [1.29, 1.82) is 0 Å². The van der Waals surface area contributed by atoms with Gasteiger partial charge in [0.05, 0.1) is 6.20 Å². The number of carbonyl (C=O) groups excluding carboxylic acids is 1. The first-order valence-corrected chi connectivity index (χ1v) is 6.37. The van der Waals surface area contributed by atoms with Crippen LogP contribution >= 0.6 is 15.9 Å². The van der Waals surface area contributed by atoms with Gasteiger partial charge >= 0.3 is 0 Å². The number of nitrogens with one attached hydrogen (secondary N) is 1. The molecule has 1 N–H and O–H groups in total. The van der Waals surface area contributed by atoms with Crippen molar-refractivity contribution in [3.8, 4) is 0 Å². The van der Waals surface area contributed by atoms with Crippen LogP contribution in [0.5, 0.6) is 0 Å². The van der Waals surface area contributed by atoms with Gasteiger partial charge in [0.15, 0.2) is 5.69 Å². The van der Waals surface area contributed by atoms with Crippen molar-refractivity contribution >= 4 is 21.8 Å². The summed E-state index contributed by atoms with van der Waals surface area (Å²) >= 11 is 3.42. The van der Waals surface area contributed by atoms with Gasteiger partial charge in [-0.15, -0.1) is 0 Å². The normalized spacial score (nSPS) is 17.7. The number of hydrogen-bond donors (Lipinski definition) is 1. The van der Waals surface area contributed by atoms with Crippen LogP contribution in [-0.4, -0.2) is 69.2 Å². The number of rotatable bonds is 3. The third-order valence-corrected chi connectivity index (χ3v) is 3.05. The molecule has 6 nitrogen and oxygen atoms in total. The zero-order valence-corrected chi connectivity index (χ0v) is 10.5. The number of alkyl halides is 1. The molecule has 1 aromatic heterocycles. The molecular formula is C9H14BrN5O. The van der Waals surface area contributed by atoms with Gasteiger partial charge in [0.2, 0.25) is 0 Å². The lowest BCUT2D eigenvalue weighted by molar-refractivity contribution is 0.0639. The van der Waals surface area contributed by atoms with Crippen molar-refractivity contribution in [2.24, 2.45) is 0 Å². The van der Waals surface area contributed by atoms with E-state index in [1.165, 1.54) is 6.20 Å². The average molecular weight is 288 g/mol. The Morgan fingerprint density at radius 1 is 1.44 bits per heavy atom. The minimum atomic E-state index is -0.0350. The lowest BCUT2D eigenvalue weighted by Crippen LogP contribution is -2.49. The molecule has 2 rings (SSSR count). The molecule has 7 heteroatoms. The number of piperazine rings is 1. The standard InChI is InChI=1S/C9H14BrN5O/c10-1-2-14-3-5-15(6-4-14)9(16)8-7-11-13-12-8/h7H,1-6H2,(H,11,12,13). The van der Waals surface area contributed by atoms with E-state index in [2.05, 4.69) is 36.2 Å². The second-order valence-electron chi connectivity index (χ2n) is 3.68. The van der Waals surface area contributed by atoms with Crippen molar-refractivity contribution in [2.75, 3.05) is 38.1 Å². The van der Waals surface area contributed by atoms with E-state index >= 15 is 0 Å². The zero-order chi connectivity index (χ0) is 11.4. The van der Waals surface area contributed by atoms with Crippen LogP contribution < -0.4 is 0 Å². The quantitative estimate of drug-likeness (QED) is 0.793. The van der Waals surface area contributed by atoms with Gasteiger partial charge in [-0.2, -0.15) is 15.4 Å². The molecular weight excluding hydrogens is 274 g/mol. The number of carbonyl (C=O) groups is 1. The lowest BCUT2D eigenvalue weighted by atomic mass is 10.3. The number of aromatic amines is 1. The molecule has 1 aliphatic heterocycles. The van der Waals surface area contributed by atoms with Gasteiger partial charge in [0.1, 0.15) is 0 Å². The van der Waals surface area contributed by atoms with Gasteiger partial charge in [-0.25, -0.2) is 0 Å². The van der Waals surface area contributed by atoms with Crippen LogP contribution in [-0.2, 0) is 0 Å². The van der Waals surface area contributed by atoms with E-state index in [-0.39, 0.29) is 5.91 Å². The highest BCUT2D eigenvalue weighted by Gasteiger charge is 2.22. The molecule has 0 saturated carbocycles. The first-order valence-electron chi connectivity index (χ1n) is 5.24. The number of nitrogens with zero attached hydrogens (tertiary/aromatic N) is 4. The molecule has 0 spiro atoms. The van der Waals surface area contributed by atoms with Gasteiger partial charge in [0.25, 0.3) is 5.91 Å². The summed E-state index contributed by atoms with van der Waals surface area (Å²) in [6.45, 7) is 4.41.